The predicted octanol–water partition coefficient (Wildman–Crippen LogP) is 6.53. The number of benzene rings is 1. The van der Waals surface area contributed by atoms with Crippen molar-refractivity contribution in [1.82, 2.24) is 9.80 Å². The summed E-state index contributed by atoms with van der Waals surface area (Å²) in [4.78, 5) is 7.87. The Morgan fingerprint density at radius 3 is 0.909 bits per heavy atom. The van der Waals surface area contributed by atoms with E-state index < -0.39 is 0 Å². The fourth-order valence-corrected chi connectivity index (χ4v) is 2.80. The van der Waals surface area contributed by atoms with E-state index >= 15 is 0 Å². The van der Waals surface area contributed by atoms with E-state index in [2.05, 4.69) is 45.2 Å². The standard InChI is InChI=1S/C12H16Cl4N2.2CH3I/c1-17(2)5-7-9(13)11(15)8(6-18(3)4)12(16)10(7)14;2*1-2/h5-6H2,1-4H3;2*1H3. The van der Waals surface area contributed by atoms with Crippen molar-refractivity contribution in [2.24, 2.45) is 0 Å². The summed E-state index contributed by atoms with van der Waals surface area (Å²) < 4.78 is 0. The molecule has 1 rings (SSSR count). The van der Waals surface area contributed by atoms with Gasteiger partial charge in [-0.15, -0.1) is 0 Å². The second-order valence-corrected chi connectivity index (χ2v) is 6.20. The third-order valence-corrected chi connectivity index (χ3v) is 4.26. The molecule has 0 aliphatic rings. The van der Waals surface area contributed by atoms with Crippen molar-refractivity contribution in [2.75, 3.05) is 38.1 Å². The molecule has 0 aliphatic heterocycles. The monoisotopic (exact) mass is 612 g/mol. The molecule has 0 N–H and O–H groups in total. The van der Waals surface area contributed by atoms with Crippen LogP contribution in [0.3, 0.4) is 0 Å². The van der Waals surface area contributed by atoms with Gasteiger partial charge in [0.1, 0.15) is 0 Å². The van der Waals surface area contributed by atoms with Crippen LogP contribution in [0.1, 0.15) is 11.1 Å². The number of alkyl halides is 2. The van der Waals surface area contributed by atoms with E-state index in [1.165, 1.54) is 0 Å². The number of hydrogen-bond donors (Lipinski definition) is 0. The van der Waals surface area contributed by atoms with E-state index in [1.54, 1.807) is 0 Å². The summed E-state index contributed by atoms with van der Waals surface area (Å²) in [5, 5.41) is 1.93. The molecule has 0 aliphatic carbocycles. The summed E-state index contributed by atoms with van der Waals surface area (Å²) in [6, 6.07) is 0. The summed E-state index contributed by atoms with van der Waals surface area (Å²) in [7, 11) is 7.73. The van der Waals surface area contributed by atoms with Crippen LogP contribution in [0.2, 0.25) is 20.1 Å². The van der Waals surface area contributed by atoms with E-state index in [0.717, 1.165) is 11.1 Å². The smallest absolute Gasteiger partial charge is 0.0656 e. The molecule has 130 valence electrons. The fraction of sp³-hybridized carbons (Fsp3) is 0.571. The second-order valence-electron chi connectivity index (χ2n) is 4.69. The van der Waals surface area contributed by atoms with Gasteiger partial charge in [-0.3, -0.25) is 0 Å². The lowest BCUT2D eigenvalue weighted by atomic mass is 10.1. The van der Waals surface area contributed by atoms with E-state index in [4.69, 9.17) is 46.4 Å². The molecular formula is C14H22Cl4I2N2. The lowest BCUT2D eigenvalue weighted by Gasteiger charge is -2.20. The molecule has 22 heavy (non-hydrogen) atoms. The van der Waals surface area contributed by atoms with Crippen LogP contribution < -0.4 is 0 Å². The Kier molecular flexibility index (Phi) is 16.5. The quantitative estimate of drug-likeness (QED) is 0.217. The number of nitrogens with zero attached hydrogens (tertiary/aromatic N) is 2. The maximum absolute atomic E-state index is 6.28. The molecular weight excluding hydrogens is 592 g/mol. The molecule has 8 heteroatoms. The first kappa shape index (κ1) is 26.0. The van der Waals surface area contributed by atoms with E-state index in [-0.39, 0.29) is 0 Å². The normalized spacial score (nSPS) is 10.1. The third kappa shape index (κ3) is 8.23. The van der Waals surface area contributed by atoms with Crippen LogP contribution in [0.15, 0.2) is 0 Å². The SMILES string of the molecule is CI.CI.CN(C)Cc1c(Cl)c(Cl)c(CN(C)C)c(Cl)c1Cl. The average Bonchev–Trinajstić information content (AvgIpc) is 2.50. The van der Waals surface area contributed by atoms with Crippen LogP contribution in [0, 0.1) is 0 Å². The van der Waals surface area contributed by atoms with Gasteiger partial charge in [-0.2, -0.15) is 0 Å². The Bertz CT molecular complexity index is 385. The van der Waals surface area contributed by atoms with Gasteiger partial charge in [-0.25, -0.2) is 0 Å². The molecule has 0 saturated carbocycles. The summed E-state index contributed by atoms with van der Waals surface area (Å²) in [5.41, 5.74) is 1.53. The Hall–Kier alpha value is 1.76. The maximum Gasteiger partial charge on any atom is 0.0656 e. The average molecular weight is 614 g/mol. The minimum absolute atomic E-state index is 0.483. The largest absolute Gasteiger partial charge is 0.305 e. The first-order chi connectivity index (χ1) is 10.3. The summed E-state index contributed by atoms with van der Waals surface area (Å²) in [6.07, 6.45) is 0. The molecule has 1 aromatic rings. The first-order valence-corrected chi connectivity index (χ1v) is 12.0. The first-order valence-electron chi connectivity index (χ1n) is 6.14. The highest BCUT2D eigenvalue weighted by Gasteiger charge is 2.20. The van der Waals surface area contributed by atoms with Crippen molar-refractivity contribution < 1.29 is 0 Å². The van der Waals surface area contributed by atoms with Crippen molar-refractivity contribution in [1.29, 1.82) is 0 Å². The van der Waals surface area contributed by atoms with Gasteiger partial charge >= 0.3 is 0 Å². The van der Waals surface area contributed by atoms with Crippen LogP contribution in [0.5, 0.6) is 0 Å². The number of hydrogen-bond acceptors (Lipinski definition) is 2. The topological polar surface area (TPSA) is 6.48 Å². The van der Waals surface area contributed by atoms with Crippen molar-refractivity contribution >= 4 is 91.6 Å². The molecule has 0 aromatic heterocycles. The number of halogens is 6. The highest BCUT2D eigenvalue weighted by molar-refractivity contribution is 14.1. The molecule has 0 saturated heterocycles. The maximum atomic E-state index is 6.28. The Morgan fingerprint density at radius 2 is 0.773 bits per heavy atom. The van der Waals surface area contributed by atoms with Gasteiger partial charge in [0.15, 0.2) is 0 Å². The van der Waals surface area contributed by atoms with E-state index in [9.17, 15) is 0 Å². The lowest BCUT2D eigenvalue weighted by molar-refractivity contribution is 0.399. The zero-order valence-corrected chi connectivity index (χ0v) is 20.9. The molecule has 0 radical (unpaired) electrons. The van der Waals surface area contributed by atoms with Gasteiger partial charge in [0, 0.05) is 24.2 Å². The Labute approximate surface area is 182 Å². The third-order valence-electron chi connectivity index (χ3n) is 2.39. The zero-order valence-electron chi connectivity index (χ0n) is 13.6. The molecule has 0 spiro atoms. The molecule has 0 atom stereocenters. The summed E-state index contributed by atoms with van der Waals surface area (Å²) in [5.74, 6) is 0. The van der Waals surface area contributed by atoms with Gasteiger partial charge in [0.25, 0.3) is 0 Å². The Balaban J connectivity index is 0. The highest BCUT2D eigenvalue weighted by Crippen LogP contribution is 2.41. The van der Waals surface area contributed by atoms with Gasteiger partial charge in [-0.05, 0) is 38.1 Å². The van der Waals surface area contributed by atoms with Crippen LogP contribution in [-0.2, 0) is 13.1 Å². The lowest BCUT2D eigenvalue weighted by Crippen LogP contribution is -2.14. The van der Waals surface area contributed by atoms with Crippen molar-refractivity contribution in [2.45, 2.75) is 13.1 Å². The van der Waals surface area contributed by atoms with Gasteiger partial charge in [0.05, 0.1) is 20.1 Å². The van der Waals surface area contributed by atoms with Gasteiger partial charge in [-0.1, -0.05) is 91.6 Å². The molecule has 1 aromatic carbocycles. The minimum Gasteiger partial charge on any atom is -0.305 e. The van der Waals surface area contributed by atoms with Crippen LogP contribution >= 0.6 is 91.6 Å². The van der Waals surface area contributed by atoms with Gasteiger partial charge in [0.2, 0.25) is 0 Å². The molecule has 0 unspecified atom stereocenters. The molecule has 0 bridgehead atoms. The van der Waals surface area contributed by atoms with Crippen LogP contribution in [0.4, 0.5) is 0 Å². The second kappa shape index (κ2) is 14.0. The minimum atomic E-state index is 0.483. The predicted molar refractivity (Wildman–Crippen MR) is 121 cm³/mol. The molecule has 0 fully saturated rings. The van der Waals surface area contributed by atoms with E-state index in [0.29, 0.717) is 33.2 Å². The summed E-state index contributed by atoms with van der Waals surface area (Å²) >= 11 is 29.4. The van der Waals surface area contributed by atoms with Crippen LogP contribution in [0.25, 0.3) is 0 Å². The van der Waals surface area contributed by atoms with Gasteiger partial charge < -0.3 is 9.80 Å². The molecule has 0 heterocycles. The fourth-order valence-electron chi connectivity index (χ4n) is 1.63. The van der Waals surface area contributed by atoms with Crippen LogP contribution in [-0.4, -0.2) is 47.9 Å². The molecule has 2 nitrogen and oxygen atoms in total. The number of rotatable bonds is 4. The highest BCUT2D eigenvalue weighted by atomic mass is 127. The zero-order chi connectivity index (χ0) is 18.0. The van der Waals surface area contributed by atoms with Crippen molar-refractivity contribution in [3.63, 3.8) is 0 Å². The van der Waals surface area contributed by atoms with E-state index in [1.807, 2.05) is 47.9 Å². The van der Waals surface area contributed by atoms with Crippen molar-refractivity contribution in [3.05, 3.63) is 31.2 Å². The van der Waals surface area contributed by atoms with Crippen molar-refractivity contribution in [3.8, 4) is 0 Å². The Morgan fingerprint density at radius 1 is 0.591 bits per heavy atom. The molecule has 0 amide bonds. The summed E-state index contributed by atoms with van der Waals surface area (Å²) in [6.45, 7) is 1.19.